The van der Waals surface area contributed by atoms with Gasteiger partial charge in [-0.25, -0.2) is 19.9 Å². The van der Waals surface area contributed by atoms with Gasteiger partial charge in [0.05, 0.1) is 5.56 Å². The number of carbonyl (C=O) groups excluding carboxylic acids is 3. The highest BCUT2D eigenvalue weighted by atomic mass is 19.1. The minimum atomic E-state index is -0.907. The Hall–Kier alpha value is -6.45. The van der Waals surface area contributed by atoms with Gasteiger partial charge in [0.15, 0.2) is 6.29 Å². The lowest BCUT2D eigenvalue weighted by Crippen LogP contribution is -2.43. The molecule has 7 N–H and O–H groups in total. The number of carbonyl (C=O) groups is 3. The minimum Gasteiger partial charge on any atom is -0.383 e. The monoisotopic (exact) mass is 834 g/mol. The Morgan fingerprint density at radius 2 is 1.07 bits per heavy atom. The Bertz CT molecular complexity index is 2440. The summed E-state index contributed by atoms with van der Waals surface area (Å²) in [6.45, 7) is 16.5. The van der Waals surface area contributed by atoms with Gasteiger partial charge in [-0.1, -0.05) is 24.3 Å². The molecule has 6 aromatic rings. The zero-order valence-electron chi connectivity index (χ0n) is 36.0. The number of aldehydes is 1. The van der Waals surface area contributed by atoms with Crippen molar-refractivity contribution >= 4 is 51.3 Å². The number of pyridine rings is 4. The lowest BCUT2D eigenvalue weighted by molar-refractivity contribution is 0.0626. The predicted molar refractivity (Wildman–Crippen MR) is 237 cm³/mol. The van der Waals surface area contributed by atoms with Gasteiger partial charge in [0.2, 0.25) is 11.9 Å². The quantitative estimate of drug-likeness (QED) is 0.0705. The molecule has 0 bridgehead atoms. The van der Waals surface area contributed by atoms with Crippen LogP contribution in [0.15, 0.2) is 85.5 Å². The van der Waals surface area contributed by atoms with Crippen LogP contribution in [-0.2, 0) is 19.6 Å². The van der Waals surface area contributed by atoms with E-state index in [4.69, 9.17) is 17.2 Å². The number of anilines is 2. The van der Waals surface area contributed by atoms with Crippen LogP contribution in [0, 0.1) is 11.9 Å². The zero-order valence-corrected chi connectivity index (χ0v) is 36.0. The number of aromatic nitrogens is 4. The van der Waals surface area contributed by atoms with Gasteiger partial charge in [-0.05, 0) is 119 Å². The first kappa shape index (κ1) is 47.2. The number of hydrogen-bond acceptors (Lipinski definition) is 11. The van der Waals surface area contributed by atoms with Gasteiger partial charge in [0, 0.05) is 84.9 Å². The third-order valence-corrected chi connectivity index (χ3v) is 9.78. The summed E-state index contributed by atoms with van der Waals surface area (Å²) in [6.07, 6.45) is 6.42. The molecule has 2 aromatic carbocycles. The second-order valence-corrected chi connectivity index (χ2v) is 15.4. The molecule has 0 saturated carbocycles. The van der Waals surface area contributed by atoms with Crippen LogP contribution in [0.4, 0.5) is 20.4 Å². The van der Waals surface area contributed by atoms with Gasteiger partial charge in [0.25, 0.3) is 11.8 Å². The van der Waals surface area contributed by atoms with Crippen LogP contribution >= 0.6 is 0 Å². The van der Waals surface area contributed by atoms with Crippen molar-refractivity contribution in [1.82, 2.24) is 35.1 Å². The first-order valence-corrected chi connectivity index (χ1v) is 20.1. The predicted octanol–water partition coefficient (Wildman–Crippen LogP) is 7.47. The number of nitrogen functional groups attached to an aromatic ring is 2. The molecule has 0 atom stereocenters. The Morgan fingerprint density at radius 1 is 0.623 bits per heavy atom. The summed E-state index contributed by atoms with van der Waals surface area (Å²) < 4.78 is 28.2. The molecule has 13 nitrogen and oxygen atoms in total. The van der Waals surface area contributed by atoms with Gasteiger partial charge < -0.3 is 32.3 Å². The molecule has 0 aliphatic rings. The van der Waals surface area contributed by atoms with Crippen molar-refractivity contribution in [1.29, 1.82) is 0 Å². The number of hydrogen-bond donors (Lipinski definition) is 4. The van der Waals surface area contributed by atoms with Crippen molar-refractivity contribution in [3.05, 3.63) is 131 Å². The summed E-state index contributed by atoms with van der Waals surface area (Å²) in [4.78, 5) is 54.7. The minimum absolute atomic E-state index is 0.0267. The van der Waals surface area contributed by atoms with E-state index < -0.39 is 17.8 Å². The molecule has 0 fully saturated rings. The maximum absolute atomic E-state index is 14.5. The number of amides is 2. The molecule has 0 unspecified atom stereocenters. The highest BCUT2D eigenvalue weighted by molar-refractivity contribution is 6.01. The van der Waals surface area contributed by atoms with Crippen molar-refractivity contribution in [2.75, 3.05) is 11.5 Å². The van der Waals surface area contributed by atoms with Crippen LogP contribution in [0.3, 0.4) is 0 Å². The summed E-state index contributed by atoms with van der Waals surface area (Å²) in [7, 11) is 0. The lowest BCUT2D eigenvalue weighted by Gasteiger charge is -2.31. The second-order valence-electron chi connectivity index (χ2n) is 15.4. The molecule has 0 spiro atoms. The fourth-order valence-electron chi connectivity index (χ4n) is 7.07. The van der Waals surface area contributed by atoms with Gasteiger partial charge in [-0.2, -0.15) is 8.78 Å². The van der Waals surface area contributed by atoms with E-state index in [0.29, 0.717) is 43.1 Å². The van der Waals surface area contributed by atoms with Crippen molar-refractivity contribution in [2.45, 2.75) is 99.2 Å². The van der Waals surface area contributed by atoms with E-state index in [0.717, 1.165) is 32.7 Å². The summed E-state index contributed by atoms with van der Waals surface area (Å²) in [6, 6.07) is 18.5. The topological polar surface area (TPSA) is 199 Å². The SMILES string of the molecule is CC(C)N(C(=O)c1c(C=O)ccnc1F)C(C)C.CC(C)N(C(=O)c1c(CNCc2ccc3c(N)nccc3c2)ccnc1F)C(C)C.NCc1ccc2c(N)nccc2c1. The summed E-state index contributed by atoms with van der Waals surface area (Å²) in [5.74, 6) is -1.41. The number of nitrogens with one attached hydrogen (secondary N) is 1. The first-order valence-electron chi connectivity index (χ1n) is 20.1. The second kappa shape index (κ2) is 21.7. The van der Waals surface area contributed by atoms with Gasteiger partial charge >= 0.3 is 0 Å². The van der Waals surface area contributed by atoms with Crippen LogP contribution < -0.4 is 22.5 Å². The molecule has 4 aromatic heterocycles. The fraction of sp³-hybridized carbons (Fsp3) is 0.326. The largest absolute Gasteiger partial charge is 0.383 e. The maximum Gasteiger partial charge on any atom is 0.259 e. The third kappa shape index (κ3) is 11.9. The molecule has 6 rings (SSSR count). The number of halogens is 2. The van der Waals surface area contributed by atoms with E-state index in [2.05, 4.69) is 25.3 Å². The van der Waals surface area contributed by atoms with E-state index in [9.17, 15) is 23.2 Å². The van der Waals surface area contributed by atoms with Crippen LogP contribution in [0.2, 0.25) is 0 Å². The van der Waals surface area contributed by atoms with Crippen LogP contribution in [0.25, 0.3) is 21.5 Å². The Kier molecular flexibility index (Phi) is 16.8. The molecule has 322 valence electrons. The number of rotatable bonds is 12. The number of nitrogens with zero attached hydrogens (tertiary/aromatic N) is 6. The number of benzene rings is 2. The third-order valence-electron chi connectivity index (χ3n) is 9.78. The Labute approximate surface area is 355 Å². The number of nitrogens with two attached hydrogens (primary N) is 3. The van der Waals surface area contributed by atoms with Gasteiger partial charge in [-0.3, -0.25) is 14.4 Å². The van der Waals surface area contributed by atoms with Gasteiger partial charge in [-0.15, -0.1) is 0 Å². The molecular formula is C46H56F2N10O3. The highest BCUT2D eigenvalue weighted by Gasteiger charge is 2.28. The number of fused-ring (bicyclic) bond motifs is 2. The molecule has 2 amide bonds. The molecule has 61 heavy (non-hydrogen) atoms. The molecule has 0 radical (unpaired) electrons. The van der Waals surface area contributed by atoms with Crippen LogP contribution in [0.5, 0.6) is 0 Å². The average Bonchev–Trinajstić information content (AvgIpc) is 3.20. The van der Waals surface area contributed by atoms with E-state index in [1.165, 1.54) is 23.4 Å². The Balaban J connectivity index is 0.000000223. The van der Waals surface area contributed by atoms with E-state index in [-0.39, 0.29) is 46.8 Å². The fourth-order valence-corrected chi connectivity index (χ4v) is 7.07. The Morgan fingerprint density at radius 3 is 1.56 bits per heavy atom. The van der Waals surface area contributed by atoms with Crippen molar-refractivity contribution < 1.29 is 23.2 Å². The first-order chi connectivity index (χ1) is 29.0. The van der Waals surface area contributed by atoms with E-state index in [1.807, 2.05) is 104 Å². The summed E-state index contributed by atoms with van der Waals surface area (Å²) >= 11 is 0. The van der Waals surface area contributed by atoms with Crippen molar-refractivity contribution in [3.63, 3.8) is 0 Å². The highest BCUT2D eigenvalue weighted by Crippen LogP contribution is 2.23. The van der Waals surface area contributed by atoms with Crippen molar-refractivity contribution in [2.24, 2.45) is 5.73 Å². The van der Waals surface area contributed by atoms with Crippen molar-refractivity contribution in [3.8, 4) is 0 Å². The standard InChI is InChI=1S/C23H28FN5O.C13H17FN2O2.C10H11N3/c1-14(2)29(15(3)4)23(30)20-18(8-9-27-21(20)24)13-26-12-16-5-6-19-17(11-16)7-10-28-22(19)25;1-8(2)16(9(3)4)13(18)11-10(7-17)5-6-15-12(11)14;11-6-7-1-2-9-8(5-7)3-4-13-10(9)12/h5-11,14-15,26H,12-13H2,1-4H3,(H2,25,28);5-9H,1-4H3;1-5H,6,11H2,(H2,12,13). The van der Waals surface area contributed by atoms with Gasteiger partial charge in [0.1, 0.15) is 17.2 Å². The molecule has 0 aliphatic carbocycles. The normalized spacial score (nSPS) is 11.1. The smallest absolute Gasteiger partial charge is 0.259 e. The summed E-state index contributed by atoms with van der Waals surface area (Å²) in [5.41, 5.74) is 19.7. The molecule has 0 saturated heterocycles. The van der Waals surface area contributed by atoms with E-state index >= 15 is 0 Å². The maximum atomic E-state index is 14.5. The summed E-state index contributed by atoms with van der Waals surface area (Å²) in [5, 5.41) is 7.31. The average molecular weight is 835 g/mol. The molecular weight excluding hydrogens is 779 g/mol. The van der Waals surface area contributed by atoms with Crippen LogP contribution in [-0.4, -0.2) is 72.0 Å². The zero-order chi connectivity index (χ0) is 45.0. The molecule has 0 aliphatic heterocycles. The lowest BCUT2D eigenvalue weighted by atomic mass is 10.1. The van der Waals surface area contributed by atoms with E-state index in [1.54, 1.807) is 23.4 Å². The molecule has 15 heteroatoms. The molecule has 4 heterocycles. The van der Waals surface area contributed by atoms with Crippen LogP contribution in [0.1, 0.15) is 103 Å².